The van der Waals surface area contributed by atoms with Crippen molar-refractivity contribution in [2.45, 2.75) is 19.1 Å². The van der Waals surface area contributed by atoms with Crippen molar-refractivity contribution in [1.29, 1.82) is 0 Å². The average Bonchev–Trinajstić information content (AvgIpc) is 3.28. The minimum Gasteiger partial charge on any atom is -0.508 e. The van der Waals surface area contributed by atoms with E-state index >= 15 is 0 Å². The van der Waals surface area contributed by atoms with E-state index in [9.17, 15) is 9.90 Å². The van der Waals surface area contributed by atoms with Gasteiger partial charge in [0.2, 0.25) is 0 Å². The first-order chi connectivity index (χ1) is 14.7. The SMILES string of the molecule is O=C1OC(c2c(CNCCc3ccccn3)[nH]c3ccccc23)c2cc(O)ccc21. The zero-order valence-electron chi connectivity index (χ0n) is 16.3. The zero-order chi connectivity index (χ0) is 20.5. The van der Waals surface area contributed by atoms with Crippen molar-refractivity contribution in [3.63, 3.8) is 0 Å². The molecule has 30 heavy (non-hydrogen) atoms. The number of H-pyrrole nitrogens is 1. The first-order valence-corrected chi connectivity index (χ1v) is 9.94. The second-order valence-electron chi connectivity index (χ2n) is 7.37. The van der Waals surface area contributed by atoms with E-state index in [0.717, 1.165) is 40.8 Å². The summed E-state index contributed by atoms with van der Waals surface area (Å²) in [6, 6.07) is 18.6. The van der Waals surface area contributed by atoms with E-state index in [4.69, 9.17) is 4.74 Å². The number of carbonyl (C=O) groups excluding carboxylic acids is 1. The van der Waals surface area contributed by atoms with Gasteiger partial charge in [-0.15, -0.1) is 0 Å². The van der Waals surface area contributed by atoms with Crippen LogP contribution in [0.4, 0.5) is 0 Å². The topological polar surface area (TPSA) is 87.2 Å². The molecule has 1 aliphatic rings. The van der Waals surface area contributed by atoms with Gasteiger partial charge < -0.3 is 20.1 Å². The van der Waals surface area contributed by atoms with Crippen LogP contribution in [-0.4, -0.2) is 27.6 Å². The van der Waals surface area contributed by atoms with Gasteiger partial charge in [-0.3, -0.25) is 4.98 Å². The lowest BCUT2D eigenvalue weighted by atomic mass is 9.96. The maximum absolute atomic E-state index is 12.4. The number of hydrogen-bond donors (Lipinski definition) is 3. The molecule has 1 atom stereocenters. The van der Waals surface area contributed by atoms with Crippen LogP contribution < -0.4 is 5.32 Å². The molecule has 0 radical (unpaired) electrons. The van der Waals surface area contributed by atoms with Crippen molar-refractivity contribution < 1.29 is 14.6 Å². The van der Waals surface area contributed by atoms with Crippen LogP contribution in [0.15, 0.2) is 66.9 Å². The molecule has 150 valence electrons. The van der Waals surface area contributed by atoms with E-state index in [0.29, 0.717) is 17.7 Å². The summed E-state index contributed by atoms with van der Waals surface area (Å²) in [5.74, 6) is -0.249. The number of nitrogens with one attached hydrogen (secondary N) is 2. The average molecular weight is 399 g/mol. The fourth-order valence-electron chi connectivity index (χ4n) is 4.04. The fraction of sp³-hybridized carbons (Fsp3) is 0.167. The molecule has 3 N–H and O–H groups in total. The quantitative estimate of drug-likeness (QED) is 0.339. The lowest BCUT2D eigenvalue weighted by molar-refractivity contribution is 0.0456. The first kappa shape index (κ1) is 18.4. The van der Waals surface area contributed by atoms with Gasteiger partial charge >= 0.3 is 5.97 Å². The number of carbonyl (C=O) groups is 1. The fourth-order valence-corrected chi connectivity index (χ4v) is 4.04. The third-order valence-electron chi connectivity index (χ3n) is 5.44. The van der Waals surface area contributed by atoms with Crippen LogP contribution in [0, 0.1) is 0 Å². The highest BCUT2D eigenvalue weighted by atomic mass is 16.5. The molecule has 1 aliphatic heterocycles. The molecular formula is C24H21N3O3. The number of nitrogens with zero attached hydrogens (tertiary/aromatic N) is 1. The molecule has 0 amide bonds. The van der Waals surface area contributed by atoms with E-state index in [-0.39, 0.29) is 11.7 Å². The van der Waals surface area contributed by atoms with Gasteiger partial charge in [-0.1, -0.05) is 24.3 Å². The van der Waals surface area contributed by atoms with E-state index < -0.39 is 6.10 Å². The van der Waals surface area contributed by atoms with Crippen LogP contribution in [0.3, 0.4) is 0 Å². The summed E-state index contributed by atoms with van der Waals surface area (Å²) in [6.45, 7) is 1.37. The second kappa shape index (κ2) is 7.65. The zero-order valence-corrected chi connectivity index (χ0v) is 16.3. The molecule has 5 rings (SSSR count). The van der Waals surface area contributed by atoms with Crippen LogP contribution in [-0.2, 0) is 17.7 Å². The van der Waals surface area contributed by atoms with Gasteiger partial charge in [-0.2, -0.15) is 0 Å². The van der Waals surface area contributed by atoms with Gasteiger partial charge in [0.25, 0.3) is 0 Å². The molecule has 3 heterocycles. The maximum Gasteiger partial charge on any atom is 0.339 e. The number of aromatic amines is 1. The van der Waals surface area contributed by atoms with E-state index in [2.05, 4.69) is 15.3 Å². The molecule has 0 spiro atoms. The number of aromatic hydroxyl groups is 1. The molecule has 0 saturated heterocycles. The number of para-hydroxylation sites is 1. The Morgan fingerprint density at radius 1 is 1.10 bits per heavy atom. The molecular weight excluding hydrogens is 378 g/mol. The molecule has 4 aromatic rings. The number of fused-ring (bicyclic) bond motifs is 2. The number of rotatable bonds is 6. The van der Waals surface area contributed by atoms with Crippen LogP contribution in [0.25, 0.3) is 10.9 Å². The summed E-state index contributed by atoms with van der Waals surface area (Å²) in [6.07, 6.45) is 2.07. The minimum absolute atomic E-state index is 0.118. The summed E-state index contributed by atoms with van der Waals surface area (Å²) in [7, 11) is 0. The Morgan fingerprint density at radius 2 is 1.97 bits per heavy atom. The number of benzene rings is 2. The lowest BCUT2D eigenvalue weighted by Gasteiger charge is -2.14. The highest BCUT2D eigenvalue weighted by molar-refractivity contribution is 5.96. The minimum atomic E-state index is -0.552. The summed E-state index contributed by atoms with van der Waals surface area (Å²) in [5.41, 5.74) is 5.10. The highest BCUT2D eigenvalue weighted by Crippen LogP contribution is 2.41. The summed E-state index contributed by atoms with van der Waals surface area (Å²) < 4.78 is 5.75. The Morgan fingerprint density at radius 3 is 2.83 bits per heavy atom. The van der Waals surface area contributed by atoms with Crippen molar-refractivity contribution in [3.05, 3.63) is 94.9 Å². The number of ether oxygens (including phenoxy) is 1. The summed E-state index contributed by atoms with van der Waals surface area (Å²) in [5, 5.41) is 14.4. The predicted molar refractivity (Wildman–Crippen MR) is 113 cm³/mol. The Bertz CT molecular complexity index is 1220. The van der Waals surface area contributed by atoms with E-state index in [1.807, 2.05) is 42.5 Å². The van der Waals surface area contributed by atoms with Crippen LogP contribution in [0.1, 0.15) is 39.0 Å². The van der Waals surface area contributed by atoms with Gasteiger partial charge in [0.05, 0.1) is 5.56 Å². The molecule has 0 fully saturated rings. The van der Waals surface area contributed by atoms with Crippen LogP contribution in [0.2, 0.25) is 0 Å². The highest BCUT2D eigenvalue weighted by Gasteiger charge is 2.35. The molecule has 0 saturated carbocycles. The van der Waals surface area contributed by atoms with Crippen LogP contribution in [0.5, 0.6) is 5.75 Å². The summed E-state index contributed by atoms with van der Waals surface area (Å²) in [4.78, 5) is 20.2. The van der Waals surface area contributed by atoms with Gasteiger partial charge in [0, 0.05) is 59.1 Å². The van der Waals surface area contributed by atoms with E-state index in [1.54, 1.807) is 18.3 Å². The van der Waals surface area contributed by atoms with Gasteiger partial charge in [-0.05, 0) is 36.4 Å². The predicted octanol–water partition coefficient (Wildman–Crippen LogP) is 3.86. The molecule has 2 aromatic heterocycles. The Labute approximate surface area is 173 Å². The van der Waals surface area contributed by atoms with Crippen molar-refractivity contribution >= 4 is 16.9 Å². The van der Waals surface area contributed by atoms with Crippen molar-refractivity contribution in [2.24, 2.45) is 0 Å². The molecule has 6 nitrogen and oxygen atoms in total. The van der Waals surface area contributed by atoms with Gasteiger partial charge in [-0.25, -0.2) is 4.79 Å². The summed E-state index contributed by atoms with van der Waals surface area (Å²) >= 11 is 0. The first-order valence-electron chi connectivity index (χ1n) is 9.94. The molecule has 0 aliphatic carbocycles. The Hall–Kier alpha value is -3.64. The Balaban J connectivity index is 1.45. The third-order valence-corrected chi connectivity index (χ3v) is 5.44. The number of hydrogen-bond acceptors (Lipinski definition) is 5. The van der Waals surface area contributed by atoms with Gasteiger partial charge in [0.15, 0.2) is 6.10 Å². The van der Waals surface area contributed by atoms with Crippen molar-refractivity contribution in [1.82, 2.24) is 15.3 Å². The lowest BCUT2D eigenvalue weighted by Crippen LogP contribution is -2.19. The standard InChI is InChI=1S/C24H21N3O3/c28-16-8-9-17-19(13-16)23(30-24(17)29)22-18-6-1-2-7-20(18)27-21(22)14-25-12-10-15-5-3-4-11-26-15/h1-9,11,13,23,25,27-28H,10,12,14H2. The molecule has 6 heteroatoms. The van der Waals surface area contributed by atoms with Gasteiger partial charge in [0.1, 0.15) is 5.75 Å². The third kappa shape index (κ3) is 3.31. The number of pyridine rings is 1. The Kier molecular flexibility index (Phi) is 4.69. The molecule has 1 unspecified atom stereocenters. The second-order valence-corrected chi connectivity index (χ2v) is 7.37. The number of cyclic esters (lactones) is 1. The normalized spacial score (nSPS) is 15.3. The number of phenols is 1. The monoisotopic (exact) mass is 399 g/mol. The maximum atomic E-state index is 12.4. The number of aromatic nitrogens is 2. The van der Waals surface area contributed by atoms with Crippen LogP contribution >= 0.6 is 0 Å². The molecule has 2 aromatic carbocycles. The number of phenolic OH excluding ortho intramolecular Hbond substituents is 1. The van der Waals surface area contributed by atoms with Crippen molar-refractivity contribution in [2.75, 3.05) is 6.54 Å². The largest absolute Gasteiger partial charge is 0.508 e. The smallest absolute Gasteiger partial charge is 0.339 e. The van der Waals surface area contributed by atoms with Crippen molar-refractivity contribution in [3.8, 4) is 5.75 Å². The van der Waals surface area contributed by atoms with E-state index in [1.165, 1.54) is 6.07 Å². The number of esters is 1. The molecule has 0 bridgehead atoms.